The smallest absolute Gasteiger partial charge is 0.274 e. The molecule has 2 aromatic carbocycles. The van der Waals surface area contributed by atoms with Crippen LogP contribution in [0.25, 0.3) is 0 Å². The second-order valence-electron chi connectivity index (χ2n) is 7.42. The van der Waals surface area contributed by atoms with Crippen molar-refractivity contribution in [2.24, 2.45) is 5.41 Å². The minimum absolute atomic E-state index is 0.212. The van der Waals surface area contributed by atoms with Crippen molar-refractivity contribution >= 4 is 17.5 Å². The molecule has 5 heteroatoms. The van der Waals surface area contributed by atoms with Gasteiger partial charge in [0.1, 0.15) is 0 Å². The normalized spacial score (nSPS) is 21.8. The topological polar surface area (TPSA) is 69.6 Å². The summed E-state index contributed by atoms with van der Waals surface area (Å²) in [6, 6.07) is 13.6. The third-order valence-electron chi connectivity index (χ3n) is 5.83. The molecule has 26 heavy (non-hydrogen) atoms. The summed E-state index contributed by atoms with van der Waals surface area (Å²) in [4.78, 5) is 26.7. The molecule has 2 N–H and O–H groups in total. The summed E-state index contributed by atoms with van der Waals surface area (Å²) in [5.74, 6) is -0.292. The number of anilines is 1. The van der Waals surface area contributed by atoms with E-state index in [-0.39, 0.29) is 11.3 Å². The van der Waals surface area contributed by atoms with Crippen LogP contribution < -0.4 is 10.4 Å². The zero-order valence-electron chi connectivity index (χ0n) is 14.8. The zero-order chi connectivity index (χ0) is 18.3. The molecule has 1 spiro atoms. The molecule has 0 saturated carbocycles. The maximum Gasteiger partial charge on any atom is 0.274 e. The summed E-state index contributed by atoms with van der Waals surface area (Å²) in [6.07, 6.45) is 3.14. The van der Waals surface area contributed by atoms with Crippen LogP contribution in [0.1, 0.15) is 39.9 Å². The van der Waals surface area contributed by atoms with Gasteiger partial charge in [-0.1, -0.05) is 23.8 Å². The van der Waals surface area contributed by atoms with Crippen LogP contribution in [-0.2, 0) is 17.6 Å². The Morgan fingerprint density at radius 3 is 2.62 bits per heavy atom. The van der Waals surface area contributed by atoms with Crippen molar-refractivity contribution < 1.29 is 14.8 Å². The number of amides is 2. The Hall–Kier alpha value is -2.66. The number of nitrogens with zero attached hydrogens (tertiary/aromatic N) is 1. The van der Waals surface area contributed by atoms with Gasteiger partial charge in [-0.2, -0.15) is 0 Å². The first-order valence-corrected chi connectivity index (χ1v) is 8.97. The quantitative estimate of drug-likeness (QED) is 0.646. The largest absolute Gasteiger partial charge is 0.312 e. The molecule has 2 aromatic rings. The molecule has 5 nitrogen and oxygen atoms in total. The molecule has 1 heterocycles. The Kier molecular flexibility index (Phi) is 4.04. The van der Waals surface area contributed by atoms with Crippen molar-refractivity contribution in [1.29, 1.82) is 0 Å². The van der Waals surface area contributed by atoms with Crippen LogP contribution in [-0.4, -0.2) is 23.6 Å². The molecule has 1 aliphatic heterocycles. The van der Waals surface area contributed by atoms with Crippen molar-refractivity contribution in [2.75, 3.05) is 11.4 Å². The monoisotopic (exact) mass is 350 g/mol. The Labute approximate surface area is 152 Å². The minimum atomic E-state index is -0.504. The maximum absolute atomic E-state index is 13.2. The lowest BCUT2D eigenvalue weighted by atomic mass is 9.70. The van der Waals surface area contributed by atoms with Gasteiger partial charge in [0.05, 0.1) is 5.41 Å². The fourth-order valence-corrected chi connectivity index (χ4v) is 4.25. The highest BCUT2D eigenvalue weighted by Crippen LogP contribution is 2.45. The predicted molar refractivity (Wildman–Crippen MR) is 98.3 cm³/mol. The summed E-state index contributed by atoms with van der Waals surface area (Å²) in [6.45, 7) is 2.79. The number of fused-ring (bicyclic) bond motifs is 1. The van der Waals surface area contributed by atoms with Crippen molar-refractivity contribution in [1.82, 2.24) is 5.48 Å². The van der Waals surface area contributed by atoms with Gasteiger partial charge < -0.3 is 4.90 Å². The highest BCUT2D eigenvalue weighted by molar-refractivity contribution is 6.00. The van der Waals surface area contributed by atoms with E-state index in [0.717, 1.165) is 42.6 Å². The Morgan fingerprint density at radius 2 is 1.88 bits per heavy atom. The van der Waals surface area contributed by atoms with Gasteiger partial charge in [-0.05, 0) is 68.0 Å². The van der Waals surface area contributed by atoms with Gasteiger partial charge in [0.15, 0.2) is 0 Å². The van der Waals surface area contributed by atoms with Gasteiger partial charge in [-0.25, -0.2) is 5.48 Å². The molecule has 4 rings (SSSR count). The molecule has 1 saturated heterocycles. The lowest BCUT2D eigenvalue weighted by molar-refractivity contribution is -0.126. The molecule has 0 radical (unpaired) electrons. The van der Waals surface area contributed by atoms with Gasteiger partial charge in [-0.3, -0.25) is 14.8 Å². The SMILES string of the molecule is Cc1ccc(N2CC[C@]3(CCc4cc(C(=O)NO)ccc4C3)C2=O)cc1. The van der Waals surface area contributed by atoms with E-state index in [1.165, 1.54) is 5.56 Å². The predicted octanol–water partition coefficient (Wildman–Crippen LogP) is 3.03. The van der Waals surface area contributed by atoms with Gasteiger partial charge in [0.25, 0.3) is 5.91 Å². The fourth-order valence-electron chi connectivity index (χ4n) is 4.25. The van der Waals surface area contributed by atoms with E-state index in [9.17, 15) is 9.59 Å². The first-order chi connectivity index (χ1) is 12.5. The van der Waals surface area contributed by atoms with Crippen LogP contribution >= 0.6 is 0 Å². The highest BCUT2D eigenvalue weighted by Gasteiger charge is 2.48. The lowest BCUT2D eigenvalue weighted by Crippen LogP contribution is -2.38. The number of hydrogen-bond acceptors (Lipinski definition) is 3. The van der Waals surface area contributed by atoms with Crippen LogP contribution in [0, 0.1) is 12.3 Å². The number of hydroxylamine groups is 1. The Bertz CT molecular complexity index is 875. The minimum Gasteiger partial charge on any atom is -0.312 e. The number of benzene rings is 2. The van der Waals surface area contributed by atoms with Crippen LogP contribution in [0.4, 0.5) is 5.69 Å². The van der Waals surface area contributed by atoms with Crippen molar-refractivity contribution in [3.05, 3.63) is 64.7 Å². The molecule has 0 aromatic heterocycles. The number of hydrogen-bond donors (Lipinski definition) is 2. The van der Waals surface area contributed by atoms with E-state index in [1.807, 2.05) is 48.2 Å². The third kappa shape index (κ3) is 2.69. The molecule has 0 unspecified atom stereocenters. The summed E-state index contributed by atoms with van der Waals surface area (Å²) in [5, 5.41) is 8.80. The summed E-state index contributed by atoms with van der Waals surface area (Å²) < 4.78 is 0. The first kappa shape index (κ1) is 16.8. The van der Waals surface area contributed by atoms with E-state index >= 15 is 0 Å². The summed E-state index contributed by atoms with van der Waals surface area (Å²) in [7, 11) is 0. The van der Waals surface area contributed by atoms with Gasteiger partial charge >= 0.3 is 0 Å². The molecule has 1 aliphatic carbocycles. The molecule has 134 valence electrons. The number of nitrogens with one attached hydrogen (secondary N) is 1. The lowest BCUT2D eigenvalue weighted by Gasteiger charge is -2.33. The molecular weight excluding hydrogens is 328 g/mol. The van der Waals surface area contributed by atoms with Crippen molar-refractivity contribution in [3.8, 4) is 0 Å². The molecule has 1 fully saturated rings. The van der Waals surface area contributed by atoms with E-state index in [1.54, 1.807) is 11.5 Å². The average Bonchev–Trinajstić information content (AvgIpc) is 2.97. The molecule has 1 atom stereocenters. The van der Waals surface area contributed by atoms with E-state index in [2.05, 4.69) is 0 Å². The number of carbonyl (C=O) groups is 2. The maximum atomic E-state index is 13.2. The average molecular weight is 350 g/mol. The molecule has 2 amide bonds. The van der Waals surface area contributed by atoms with Gasteiger partial charge in [0.2, 0.25) is 5.91 Å². The Balaban J connectivity index is 1.59. The molecule has 0 bridgehead atoms. The van der Waals surface area contributed by atoms with Crippen LogP contribution in [0.2, 0.25) is 0 Å². The molecular formula is C21H22N2O3. The second kappa shape index (κ2) is 6.25. The van der Waals surface area contributed by atoms with Gasteiger partial charge in [0, 0.05) is 17.8 Å². The van der Waals surface area contributed by atoms with Crippen LogP contribution in [0.3, 0.4) is 0 Å². The van der Waals surface area contributed by atoms with E-state index in [4.69, 9.17) is 5.21 Å². The number of rotatable bonds is 2. The summed E-state index contributed by atoms with van der Waals surface area (Å²) >= 11 is 0. The van der Waals surface area contributed by atoms with E-state index < -0.39 is 5.91 Å². The number of aryl methyl sites for hydroxylation is 2. The standard InChI is InChI=1S/C21H22N2O3/c1-14-2-6-18(7-3-14)23-11-10-21(20(23)25)9-8-15-12-16(19(24)22-26)4-5-17(15)13-21/h2-7,12,26H,8-11,13H2,1H3,(H,22,24)/t21-/m0/s1. The van der Waals surface area contributed by atoms with Crippen LogP contribution in [0.15, 0.2) is 42.5 Å². The third-order valence-corrected chi connectivity index (χ3v) is 5.83. The van der Waals surface area contributed by atoms with Crippen LogP contribution in [0.5, 0.6) is 0 Å². The van der Waals surface area contributed by atoms with Gasteiger partial charge in [-0.15, -0.1) is 0 Å². The Morgan fingerprint density at radius 1 is 1.12 bits per heavy atom. The zero-order valence-corrected chi connectivity index (χ0v) is 14.8. The molecule has 2 aliphatic rings. The highest BCUT2D eigenvalue weighted by atomic mass is 16.5. The number of carbonyl (C=O) groups excluding carboxylic acids is 2. The fraction of sp³-hybridized carbons (Fsp3) is 0.333. The van der Waals surface area contributed by atoms with Crippen molar-refractivity contribution in [2.45, 2.75) is 32.6 Å². The summed E-state index contributed by atoms with van der Waals surface area (Å²) in [5.41, 5.74) is 6.16. The van der Waals surface area contributed by atoms with E-state index in [0.29, 0.717) is 12.0 Å². The first-order valence-electron chi connectivity index (χ1n) is 8.97. The van der Waals surface area contributed by atoms with Crippen molar-refractivity contribution in [3.63, 3.8) is 0 Å². The second-order valence-corrected chi connectivity index (χ2v) is 7.42.